The molecule has 0 amide bonds. The molecule has 0 bridgehead atoms. The van der Waals surface area contributed by atoms with Crippen molar-refractivity contribution in [1.29, 1.82) is 0 Å². The molecule has 1 atom stereocenters. The first kappa shape index (κ1) is 27.3. The smallest absolute Gasteiger partial charge is 0.477 e. The minimum absolute atomic E-state index is 1.61. The van der Waals surface area contributed by atoms with Crippen LogP contribution in [-0.4, -0.2) is 54.9 Å². The Hall–Kier alpha value is -1.71. The van der Waals surface area contributed by atoms with Gasteiger partial charge in [-0.25, -0.2) is 23.4 Å². The van der Waals surface area contributed by atoms with Crippen LogP contribution in [0, 0.1) is 0 Å². The fraction of sp³-hybridized carbons (Fsp3) is 0.875. The Morgan fingerprint density at radius 3 is 1.31 bits per heavy atom. The molecule has 0 aromatic heterocycles. The molecule has 0 rings (SSSR count). The maximum Gasteiger partial charge on any atom is 0.529 e. The number of halogens is 14. The fourth-order valence-electron chi connectivity index (χ4n) is 0.931. The van der Waals surface area contributed by atoms with Crippen molar-refractivity contribution >= 4 is 5.97 Å². The monoisotopic (exact) mass is 476 g/mol. The van der Waals surface area contributed by atoms with E-state index in [1.54, 1.807) is 18.9 Å². The van der Waals surface area contributed by atoms with Gasteiger partial charge in [-0.2, -0.15) is 22.3 Å². The Morgan fingerprint density at radius 2 is 0.966 bits per heavy atom. The zero-order chi connectivity index (χ0) is 23.7. The fourth-order valence-corrected chi connectivity index (χ4v) is 0.931. The number of alkyl halides is 14. The molecule has 174 valence electrons. The molecule has 0 heterocycles. The molecule has 21 heteroatoms. The van der Waals surface area contributed by atoms with Gasteiger partial charge in [-0.1, -0.05) is 0 Å². The van der Waals surface area contributed by atoms with E-state index >= 15 is 0 Å². The zero-order valence-corrected chi connectivity index (χ0v) is 12.3. The molecule has 0 saturated carbocycles. The molecule has 0 saturated heterocycles. The van der Waals surface area contributed by atoms with E-state index in [1.807, 2.05) is 0 Å². The third-order valence-electron chi connectivity index (χ3n) is 1.74. The topological polar surface area (TPSA) is 83.5 Å². The van der Waals surface area contributed by atoms with Crippen molar-refractivity contribution in [2.45, 2.75) is 43.8 Å². The lowest BCUT2D eigenvalue weighted by atomic mass is 10.5. The lowest BCUT2D eigenvalue weighted by Crippen LogP contribution is -2.53. The molecule has 0 aromatic carbocycles. The summed E-state index contributed by atoms with van der Waals surface area (Å²) in [7, 11) is 0. The van der Waals surface area contributed by atoms with Gasteiger partial charge in [-0.05, 0) is 0 Å². The van der Waals surface area contributed by atoms with Gasteiger partial charge in [-0.3, -0.25) is 4.74 Å². The van der Waals surface area contributed by atoms with Crippen molar-refractivity contribution in [3.05, 3.63) is 0 Å². The molecule has 0 spiro atoms. The third kappa shape index (κ3) is 9.56. The minimum Gasteiger partial charge on any atom is -0.477 e. The van der Waals surface area contributed by atoms with Gasteiger partial charge in [0, 0.05) is 0 Å². The summed E-state index contributed by atoms with van der Waals surface area (Å²) in [6.45, 7) is 0. The highest BCUT2D eigenvalue weighted by Gasteiger charge is 2.68. The van der Waals surface area contributed by atoms with E-state index in [2.05, 4.69) is 4.74 Å². The maximum atomic E-state index is 12.8. The summed E-state index contributed by atoms with van der Waals surface area (Å²) >= 11 is 0. The van der Waals surface area contributed by atoms with Gasteiger partial charge in [0.15, 0.2) is 0 Å². The summed E-state index contributed by atoms with van der Waals surface area (Å²) in [4.78, 5) is 9.84. The quantitative estimate of drug-likeness (QED) is 0.359. The first-order valence-electron chi connectivity index (χ1n) is 5.71. The predicted octanol–water partition coefficient (Wildman–Crippen LogP) is 3.81. The van der Waals surface area contributed by atoms with E-state index in [0.29, 0.717) is 0 Å². The second-order valence-electron chi connectivity index (χ2n) is 4.05. The second kappa shape index (κ2) is 8.20. The summed E-state index contributed by atoms with van der Waals surface area (Å²) in [5.41, 5.74) is 0. The molecule has 0 aliphatic rings. The van der Waals surface area contributed by atoms with Gasteiger partial charge < -0.3 is 5.11 Å². The number of ether oxygens (including phenoxy) is 5. The van der Waals surface area contributed by atoms with Crippen molar-refractivity contribution in [1.82, 2.24) is 0 Å². The molecule has 29 heavy (non-hydrogen) atoms. The average Bonchev–Trinajstić information content (AvgIpc) is 2.28. The Bertz CT molecular complexity index is 575. The Balaban J connectivity index is 5.31. The molecule has 0 aromatic rings. The second-order valence-corrected chi connectivity index (χ2v) is 4.05. The molecule has 7 nitrogen and oxygen atoms in total. The van der Waals surface area contributed by atoms with Gasteiger partial charge in [-0.15, -0.1) is 39.5 Å². The number of hydrogen-bond acceptors (Lipinski definition) is 6. The van der Waals surface area contributed by atoms with Gasteiger partial charge in [0.1, 0.15) is 0 Å². The zero-order valence-electron chi connectivity index (χ0n) is 12.3. The highest BCUT2D eigenvalue weighted by atomic mass is 19.4. The van der Waals surface area contributed by atoms with Crippen LogP contribution in [0.4, 0.5) is 61.5 Å². The highest BCUT2D eigenvalue weighted by molar-refractivity contribution is 5.70. The van der Waals surface area contributed by atoms with Crippen LogP contribution >= 0.6 is 0 Å². The van der Waals surface area contributed by atoms with Crippen LogP contribution in [0.15, 0.2) is 0 Å². The number of carbonyl (C=O) groups is 1. The lowest BCUT2D eigenvalue weighted by molar-refractivity contribution is -0.618. The number of carboxylic acid groups (broad SMARTS) is 1. The largest absolute Gasteiger partial charge is 0.529 e. The summed E-state index contributed by atoms with van der Waals surface area (Å²) in [6.07, 6.45) is -44.1. The van der Waals surface area contributed by atoms with Gasteiger partial charge in [0.25, 0.3) is 0 Å². The molecule has 0 aliphatic carbocycles. The standard InChI is InChI=1S/C8H2F14O7/c9-1(2(23)24)25-3(10,11)4(12,13)26-6(17,18)28-8(21,22)29-7(19,20)27-5(14,15)16/h1H,(H,23,24). The molecule has 0 fully saturated rings. The van der Waals surface area contributed by atoms with Crippen molar-refractivity contribution in [2.75, 3.05) is 0 Å². The van der Waals surface area contributed by atoms with Gasteiger partial charge in [0.05, 0.1) is 0 Å². The molecular formula is C8H2F14O7. The van der Waals surface area contributed by atoms with E-state index in [4.69, 9.17) is 5.11 Å². The molecular weight excluding hydrogens is 474 g/mol. The van der Waals surface area contributed by atoms with Crippen molar-refractivity contribution in [3.63, 3.8) is 0 Å². The first-order chi connectivity index (χ1) is 12.4. The molecule has 1 N–H and O–H groups in total. The number of hydrogen-bond donors (Lipinski definition) is 1. The van der Waals surface area contributed by atoms with Crippen molar-refractivity contribution in [3.8, 4) is 0 Å². The van der Waals surface area contributed by atoms with E-state index in [9.17, 15) is 66.3 Å². The van der Waals surface area contributed by atoms with E-state index in [0.717, 1.165) is 0 Å². The van der Waals surface area contributed by atoms with Crippen LogP contribution in [0.3, 0.4) is 0 Å². The maximum absolute atomic E-state index is 12.8. The van der Waals surface area contributed by atoms with Crippen molar-refractivity contribution in [2.24, 2.45) is 0 Å². The third-order valence-corrected chi connectivity index (χ3v) is 1.74. The first-order valence-corrected chi connectivity index (χ1v) is 5.71. The Morgan fingerprint density at radius 1 is 0.621 bits per heavy atom. The van der Waals surface area contributed by atoms with E-state index in [1.165, 1.54) is 0 Å². The Kier molecular flexibility index (Phi) is 7.71. The summed E-state index contributed by atoms with van der Waals surface area (Å²) < 4.78 is 182. The average molecular weight is 476 g/mol. The van der Waals surface area contributed by atoms with Crippen molar-refractivity contribution < 1.29 is 95.1 Å². The number of aliphatic carboxylic acids is 1. The van der Waals surface area contributed by atoms with Crippen LogP contribution in [0.1, 0.15) is 0 Å². The molecule has 1 unspecified atom stereocenters. The van der Waals surface area contributed by atoms with Crippen LogP contribution < -0.4 is 0 Å². The SMILES string of the molecule is O=C(O)C(F)OC(F)(F)C(F)(F)OC(F)(F)OC(F)(F)OC(F)(F)OC(F)(F)F. The normalized spacial score (nSPS) is 16.1. The summed E-state index contributed by atoms with van der Waals surface area (Å²) in [6, 6.07) is 0. The highest BCUT2D eigenvalue weighted by Crippen LogP contribution is 2.44. The number of carboxylic acids is 1. The number of rotatable bonds is 11. The minimum atomic E-state index is -6.89. The van der Waals surface area contributed by atoms with Crippen LogP contribution in [0.5, 0.6) is 0 Å². The molecule has 0 radical (unpaired) electrons. The van der Waals surface area contributed by atoms with Crippen LogP contribution in [0.25, 0.3) is 0 Å². The predicted molar refractivity (Wildman–Crippen MR) is 48.7 cm³/mol. The van der Waals surface area contributed by atoms with Gasteiger partial charge in [0.2, 0.25) is 0 Å². The molecule has 0 aliphatic heterocycles. The van der Waals surface area contributed by atoms with E-state index in [-0.39, 0.29) is 0 Å². The Labute approximate surface area is 146 Å². The summed E-state index contributed by atoms with van der Waals surface area (Å²) in [5.74, 6) is -2.99. The summed E-state index contributed by atoms with van der Waals surface area (Å²) in [5, 5.41) is 7.81. The van der Waals surface area contributed by atoms with Crippen LogP contribution in [0.2, 0.25) is 0 Å². The van der Waals surface area contributed by atoms with Crippen LogP contribution in [-0.2, 0) is 28.5 Å². The van der Waals surface area contributed by atoms with E-state index < -0.39 is 49.8 Å². The van der Waals surface area contributed by atoms with Gasteiger partial charge >= 0.3 is 49.8 Å². The lowest BCUT2D eigenvalue weighted by Gasteiger charge is -2.30.